The summed E-state index contributed by atoms with van der Waals surface area (Å²) in [5.74, 6) is 1.04. The molecule has 1 unspecified atom stereocenters. The lowest BCUT2D eigenvalue weighted by Crippen LogP contribution is -2.56. The molecule has 0 spiro atoms. The molecule has 2 aliphatic heterocycles. The van der Waals surface area contributed by atoms with Crippen molar-refractivity contribution in [1.82, 2.24) is 24.5 Å². The number of rotatable bonds is 2. The van der Waals surface area contributed by atoms with Crippen LogP contribution in [0.15, 0.2) is 18.7 Å². The van der Waals surface area contributed by atoms with Crippen LogP contribution in [0.1, 0.15) is 26.2 Å². The molecule has 4 heterocycles. The number of nitrogens with zero attached hydrogens (tertiary/aromatic N) is 6. The van der Waals surface area contributed by atoms with Crippen LogP contribution in [-0.2, 0) is 9.53 Å². The van der Waals surface area contributed by atoms with Crippen molar-refractivity contribution in [3.8, 4) is 0 Å². The lowest BCUT2D eigenvalue weighted by molar-refractivity contribution is -0.162. The Morgan fingerprint density at radius 3 is 2.79 bits per heavy atom. The second kappa shape index (κ2) is 6.01. The van der Waals surface area contributed by atoms with E-state index in [4.69, 9.17) is 4.74 Å². The van der Waals surface area contributed by atoms with Crippen molar-refractivity contribution in [3.05, 3.63) is 18.7 Å². The number of ether oxygens (including phenoxy) is 1. The van der Waals surface area contributed by atoms with Gasteiger partial charge in [0.2, 0.25) is 0 Å². The Labute approximate surface area is 140 Å². The number of aromatic nitrogens is 4. The summed E-state index contributed by atoms with van der Waals surface area (Å²) in [5, 5.41) is 4.26. The largest absolute Gasteiger partial charge is 0.365 e. The van der Waals surface area contributed by atoms with Crippen LogP contribution >= 0.6 is 0 Å². The van der Waals surface area contributed by atoms with Crippen molar-refractivity contribution >= 4 is 17.4 Å². The van der Waals surface area contributed by atoms with Gasteiger partial charge in [-0.05, 0) is 26.2 Å². The summed E-state index contributed by atoms with van der Waals surface area (Å²) in [7, 11) is 0. The number of anilines is 1. The van der Waals surface area contributed by atoms with Crippen LogP contribution in [0.2, 0.25) is 0 Å². The Morgan fingerprint density at radius 1 is 1.21 bits per heavy atom. The lowest BCUT2D eigenvalue weighted by Gasteiger charge is -2.41. The summed E-state index contributed by atoms with van der Waals surface area (Å²) in [5.41, 5.74) is 0.0857. The molecule has 4 rings (SSSR count). The van der Waals surface area contributed by atoms with Gasteiger partial charge in [0, 0.05) is 32.8 Å². The minimum absolute atomic E-state index is 0.124. The van der Waals surface area contributed by atoms with Crippen LogP contribution in [0.25, 0.3) is 5.65 Å². The average Bonchev–Trinajstić information content (AvgIpc) is 3.11. The van der Waals surface area contributed by atoms with Crippen LogP contribution in [0.3, 0.4) is 0 Å². The molecule has 8 heteroatoms. The highest BCUT2D eigenvalue weighted by Gasteiger charge is 2.40. The number of fused-ring (bicyclic) bond motifs is 1. The Kier molecular flexibility index (Phi) is 3.84. The minimum Gasteiger partial charge on any atom is -0.365 e. The highest BCUT2D eigenvalue weighted by Crippen LogP contribution is 2.27. The first kappa shape index (κ1) is 15.3. The molecule has 0 N–H and O–H groups in total. The molecule has 0 aliphatic carbocycles. The summed E-state index contributed by atoms with van der Waals surface area (Å²) in [4.78, 5) is 25.4. The molecule has 128 valence electrons. The molecular formula is C16H22N6O2. The number of piperazine rings is 1. The maximum Gasteiger partial charge on any atom is 0.254 e. The lowest BCUT2D eigenvalue weighted by atomic mass is 9.94. The minimum atomic E-state index is -0.645. The van der Waals surface area contributed by atoms with Gasteiger partial charge in [0.25, 0.3) is 5.91 Å². The number of carbonyl (C=O) groups is 1. The molecule has 2 fully saturated rings. The summed E-state index contributed by atoms with van der Waals surface area (Å²) >= 11 is 0. The van der Waals surface area contributed by atoms with Gasteiger partial charge in [-0.25, -0.2) is 4.98 Å². The van der Waals surface area contributed by atoms with Crippen LogP contribution in [-0.4, -0.2) is 68.8 Å². The SMILES string of the molecule is CC1(C(=O)N2CCN(c3cncc4ncnn34)CC2)CCCCO1. The van der Waals surface area contributed by atoms with Crippen molar-refractivity contribution in [1.29, 1.82) is 0 Å². The maximum absolute atomic E-state index is 12.8. The van der Waals surface area contributed by atoms with E-state index in [9.17, 15) is 4.79 Å². The summed E-state index contributed by atoms with van der Waals surface area (Å²) in [6.07, 6.45) is 7.94. The van der Waals surface area contributed by atoms with Crippen molar-refractivity contribution in [3.63, 3.8) is 0 Å². The molecule has 2 aromatic rings. The molecule has 0 saturated carbocycles. The first-order valence-corrected chi connectivity index (χ1v) is 8.49. The van der Waals surface area contributed by atoms with Crippen molar-refractivity contribution in [2.45, 2.75) is 31.8 Å². The third kappa shape index (κ3) is 2.60. The Hall–Kier alpha value is -2.22. The van der Waals surface area contributed by atoms with E-state index in [2.05, 4.69) is 20.0 Å². The van der Waals surface area contributed by atoms with Gasteiger partial charge in [-0.15, -0.1) is 0 Å². The van der Waals surface area contributed by atoms with Gasteiger partial charge in [0.1, 0.15) is 11.9 Å². The summed E-state index contributed by atoms with van der Waals surface area (Å²) < 4.78 is 7.59. The predicted octanol–water partition coefficient (Wildman–Crippen LogP) is 0.732. The molecule has 0 aromatic carbocycles. The Bertz CT molecular complexity index is 731. The summed E-state index contributed by atoms with van der Waals surface area (Å²) in [6, 6.07) is 0. The van der Waals surface area contributed by atoms with E-state index in [1.54, 1.807) is 16.9 Å². The second-order valence-electron chi connectivity index (χ2n) is 6.61. The fourth-order valence-corrected chi connectivity index (χ4v) is 3.53. The standard InChI is InChI=1S/C16H22N6O2/c1-16(4-2-3-9-24-16)15(23)21-7-5-20(6-8-21)14-11-17-10-13-18-12-19-22(13)14/h10-12H,2-9H2,1H3. The highest BCUT2D eigenvalue weighted by molar-refractivity contribution is 5.85. The van der Waals surface area contributed by atoms with Crippen molar-refractivity contribution in [2.24, 2.45) is 0 Å². The van der Waals surface area contributed by atoms with Crippen molar-refractivity contribution < 1.29 is 9.53 Å². The van der Waals surface area contributed by atoms with E-state index < -0.39 is 5.60 Å². The molecule has 1 amide bonds. The molecule has 1 atom stereocenters. The van der Waals surface area contributed by atoms with E-state index >= 15 is 0 Å². The Morgan fingerprint density at radius 2 is 2.04 bits per heavy atom. The van der Waals surface area contributed by atoms with Crippen LogP contribution < -0.4 is 4.90 Å². The highest BCUT2D eigenvalue weighted by atomic mass is 16.5. The number of hydrogen-bond donors (Lipinski definition) is 0. The van der Waals surface area contributed by atoms with Crippen LogP contribution in [0, 0.1) is 0 Å². The van der Waals surface area contributed by atoms with E-state index in [1.807, 2.05) is 11.8 Å². The fraction of sp³-hybridized carbons (Fsp3) is 0.625. The fourth-order valence-electron chi connectivity index (χ4n) is 3.53. The topological polar surface area (TPSA) is 75.9 Å². The summed E-state index contributed by atoms with van der Waals surface area (Å²) in [6.45, 7) is 5.49. The molecule has 2 aromatic heterocycles. The average molecular weight is 330 g/mol. The third-order valence-electron chi connectivity index (χ3n) is 4.98. The third-order valence-corrected chi connectivity index (χ3v) is 4.98. The van der Waals surface area contributed by atoms with Gasteiger partial charge in [-0.1, -0.05) is 0 Å². The smallest absolute Gasteiger partial charge is 0.254 e. The van der Waals surface area contributed by atoms with Gasteiger partial charge in [0.05, 0.1) is 12.4 Å². The monoisotopic (exact) mass is 330 g/mol. The van der Waals surface area contributed by atoms with E-state index in [-0.39, 0.29) is 5.91 Å². The first-order valence-electron chi connectivity index (χ1n) is 8.49. The Balaban J connectivity index is 1.45. The predicted molar refractivity (Wildman–Crippen MR) is 87.8 cm³/mol. The zero-order valence-electron chi connectivity index (χ0n) is 13.9. The maximum atomic E-state index is 12.8. The number of amides is 1. The second-order valence-corrected chi connectivity index (χ2v) is 6.61. The normalized spacial score (nSPS) is 25.2. The quantitative estimate of drug-likeness (QED) is 0.808. The zero-order chi connectivity index (χ0) is 16.6. The van der Waals surface area contributed by atoms with Gasteiger partial charge >= 0.3 is 0 Å². The van der Waals surface area contributed by atoms with Crippen LogP contribution in [0.5, 0.6) is 0 Å². The van der Waals surface area contributed by atoms with Gasteiger partial charge < -0.3 is 14.5 Å². The molecule has 8 nitrogen and oxygen atoms in total. The van der Waals surface area contributed by atoms with Gasteiger partial charge in [0.15, 0.2) is 11.5 Å². The molecule has 2 aliphatic rings. The molecule has 0 radical (unpaired) electrons. The molecular weight excluding hydrogens is 308 g/mol. The van der Waals surface area contributed by atoms with Crippen LogP contribution in [0.4, 0.5) is 5.82 Å². The van der Waals surface area contributed by atoms with Gasteiger partial charge in [-0.3, -0.25) is 9.78 Å². The van der Waals surface area contributed by atoms with E-state index in [0.29, 0.717) is 19.7 Å². The van der Waals surface area contributed by atoms with Crippen molar-refractivity contribution in [2.75, 3.05) is 37.7 Å². The van der Waals surface area contributed by atoms with E-state index in [1.165, 1.54) is 6.33 Å². The number of hydrogen-bond acceptors (Lipinski definition) is 6. The number of carbonyl (C=O) groups excluding carboxylic acids is 1. The van der Waals surface area contributed by atoms with Gasteiger partial charge in [-0.2, -0.15) is 9.61 Å². The molecule has 2 saturated heterocycles. The first-order chi connectivity index (χ1) is 11.7. The zero-order valence-corrected chi connectivity index (χ0v) is 13.9. The molecule has 0 bridgehead atoms. The molecule has 24 heavy (non-hydrogen) atoms. The van der Waals surface area contributed by atoms with E-state index in [0.717, 1.165) is 43.8 Å².